The van der Waals surface area contributed by atoms with Crippen molar-refractivity contribution in [3.05, 3.63) is 18.5 Å². The van der Waals surface area contributed by atoms with E-state index in [-0.39, 0.29) is 29.5 Å². The molecule has 25 heavy (non-hydrogen) atoms. The van der Waals surface area contributed by atoms with Gasteiger partial charge in [-0.3, -0.25) is 14.6 Å². The Morgan fingerprint density at radius 3 is 2.64 bits per heavy atom. The lowest BCUT2D eigenvalue weighted by atomic mass is 10.0. The molecule has 0 spiro atoms. The first-order valence-corrected chi connectivity index (χ1v) is 8.76. The van der Waals surface area contributed by atoms with Crippen LogP contribution >= 0.6 is 24.0 Å². The van der Waals surface area contributed by atoms with Crippen molar-refractivity contribution in [1.82, 2.24) is 25.3 Å². The van der Waals surface area contributed by atoms with Crippen molar-refractivity contribution < 1.29 is 4.74 Å². The van der Waals surface area contributed by atoms with Gasteiger partial charge in [-0.25, -0.2) is 0 Å². The number of ether oxygens (including phenoxy) is 1. The maximum atomic E-state index is 5.44. The van der Waals surface area contributed by atoms with Gasteiger partial charge in [0.15, 0.2) is 5.96 Å². The topological polar surface area (TPSA) is 66.7 Å². The van der Waals surface area contributed by atoms with Crippen molar-refractivity contribution in [2.75, 3.05) is 46.4 Å². The van der Waals surface area contributed by atoms with Crippen molar-refractivity contribution >= 4 is 29.9 Å². The van der Waals surface area contributed by atoms with Gasteiger partial charge in [0.1, 0.15) is 0 Å². The first-order chi connectivity index (χ1) is 11.5. The number of aromatic nitrogens is 2. The third-order valence-corrected chi connectivity index (χ3v) is 4.46. The molecule has 0 amide bonds. The fourth-order valence-electron chi connectivity index (χ4n) is 2.86. The van der Waals surface area contributed by atoms with Gasteiger partial charge in [0.05, 0.1) is 13.2 Å². The third-order valence-electron chi connectivity index (χ3n) is 4.46. The zero-order valence-corrected chi connectivity index (χ0v) is 18.2. The van der Waals surface area contributed by atoms with E-state index in [4.69, 9.17) is 4.74 Å². The molecule has 1 aliphatic rings. The Morgan fingerprint density at radius 2 is 2.04 bits per heavy atom. The second kappa shape index (κ2) is 11.0. The van der Waals surface area contributed by atoms with Crippen molar-refractivity contribution in [1.29, 1.82) is 0 Å². The lowest BCUT2D eigenvalue weighted by Crippen LogP contribution is -2.56. The van der Waals surface area contributed by atoms with E-state index in [0.29, 0.717) is 5.92 Å². The largest absolute Gasteiger partial charge is 0.379 e. The Balaban J connectivity index is 0.00000312. The number of halogens is 1. The molecule has 7 nitrogen and oxygen atoms in total. The number of hydrogen-bond donors (Lipinski definition) is 2. The Hall–Kier alpha value is -0.870. The van der Waals surface area contributed by atoms with Gasteiger partial charge in [-0.15, -0.1) is 24.0 Å². The van der Waals surface area contributed by atoms with E-state index >= 15 is 0 Å². The third kappa shape index (κ3) is 7.49. The van der Waals surface area contributed by atoms with Gasteiger partial charge >= 0.3 is 0 Å². The molecule has 1 aliphatic heterocycles. The van der Waals surface area contributed by atoms with E-state index in [1.165, 1.54) is 0 Å². The van der Waals surface area contributed by atoms with Gasteiger partial charge < -0.3 is 15.4 Å². The average molecular weight is 464 g/mol. The van der Waals surface area contributed by atoms with Crippen LogP contribution in [0.1, 0.15) is 20.8 Å². The van der Waals surface area contributed by atoms with E-state index < -0.39 is 0 Å². The highest BCUT2D eigenvalue weighted by atomic mass is 127. The molecule has 0 aliphatic carbocycles. The molecule has 2 rings (SSSR count). The molecule has 2 N–H and O–H groups in total. The Kier molecular flexibility index (Phi) is 9.73. The van der Waals surface area contributed by atoms with Crippen molar-refractivity contribution in [3.8, 4) is 0 Å². The summed E-state index contributed by atoms with van der Waals surface area (Å²) in [7, 11) is 1.81. The molecule has 1 aromatic heterocycles. The van der Waals surface area contributed by atoms with Gasteiger partial charge in [0.25, 0.3) is 0 Å². The van der Waals surface area contributed by atoms with Crippen LogP contribution in [0.4, 0.5) is 0 Å². The minimum atomic E-state index is 0. The summed E-state index contributed by atoms with van der Waals surface area (Å²) >= 11 is 0. The van der Waals surface area contributed by atoms with Crippen LogP contribution in [-0.2, 0) is 11.3 Å². The quantitative estimate of drug-likeness (QED) is 0.363. The number of aliphatic imine (C=N–C) groups is 1. The maximum Gasteiger partial charge on any atom is 0.191 e. The maximum absolute atomic E-state index is 5.44. The fourth-order valence-corrected chi connectivity index (χ4v) is 2.86. The number of hydrogen-bond acceptors (Lipinski definition) is 4. The van der Waals surface area contributed by atoms with Crippen LogP contribution in [0.2, 0.25) is 0 Å². The molecule has 0 bridgehead atoms. The first kappa shape index (κ1) is 22.2. The lowest BCUT2D eigenvalue weighted by molar-refractivity contribution is -0.00834. The molecule has 144 valence electrons. The van der Waals surface area contributed by atoms with Gasteiger partial charge in [-0.1, -0.05) is 6.92 Å². The zero-order chi connectivity index (χ0) is 17.4. The molecule has 2 heterocycles. The standard InChI is InChI=1S/C17H32N6O.HI/c1-15(13-23-7-5-6-21-23)12-19-16(18-4)20-14-17(2,3)22-8-10-24-11-9-22;/h5-7,15H,8-14H2,1-4H3,(H2,18,19,20);1H. The summed E-state index contributed by atoms with van der Waals surface area (Å²) in [5.74, 6) is 1.32. The molecule has 1 atom stereocenters. The van der Waals surface area contributed by atoms with Gasteiger partial charge in [-0.05, 0) is 25.8 Å². The molecule has 1 saturated heterocycles. The van der Waals surface area contributed by atoms with E-state index in [9.17, 15) is 0 Å². The molecule has 0 saturated carbocycles. The van der Waals surface area contributed by atoms with E-state index in [2.05, 4.69) is 46.4 Å². The number of guanidine groups is 1. The summed E-state index contributed by atoms with van der Waals surface area (Å²) in [6.45, 7) is 13.0. The summed E-state index contributed by atoms with van der Waals surface area (Å²) in [6, 6.07) is 1.95. The highest BCUT2D eigenvalue weighted by molar-refractivity contribution is 14.0. The number of nitrogens with one attached hydrogen (secondary N) is 2. The van der Waals surface area contributed by atoms with Crippen molar-refractivity contribution in [3.63, 3.8) is 0 Å². The van der Waals surface area contributed by atoms with Crippen LogP contribution in [0.15, 0.2) is 23.5 Å². The summed E-state index contributed by atoms with van der Waals surface area (Å²) in [5, 5.41) is 11.1. The lowest BCUT2D eigenvalue weighted by Gasteiger charge is -2.41. The molecular formula is C17H33IN6O. The predicted molar refractivity (Wildman–Crippen MR) is 113 cm³/mol. The molecule has 1 unspecified atom stereocenters. The molecular weight excluding hydrogens is 431 g/mol. The Labute approximate surface area is 168 Å². The minimum Gasteiger partial charge on any atom is -0.379 e. The van der Waals surface area contributed by atoms with E-state index in [0.717, 1.165) is 51.9 Å². The van der Waals surface area contributed by atoms with E-state index in [1.54, 1.807) is 0 Å². The van der Waals surface area contributed by atoms with Crippen LogP contribution in [0.25, 0.3) is 0 Å². The van der Waals surface area contributed by atoms with Gasteiger partial charge in [0.2, 0.25) is 0 Å². The van der Waals surface area contributed by atoms with E-state index in [1.807, 2.05) is 30.2 Å². The first-order valence-electron chi connectivity index (χ1n) is 8.76. The summed E-state index contributed by atoms with van der Waals surface area (Å²) in [5.41, 5.74) is 0.0715. The molecule has 1 fully saturated rings. The van der Waals surface area contributed by atoms with Crippen LogP contribution < -0.4 is 10.6 Å². The fraction of sp³-hybridized carbons (Fsp3) is 0.765. The monoisotopic (exact) mass is 464 g/mol. The van der Waals surface area contributed by atoms with Crippen LogP contribution in [-0.4, -0.2) is 72.6 Å². The summed E-state index contributed by atoms with van der Waals surface area (Å²) in [6.07, 6.45) is 3.81. The molecule has 8 heteroatoms. The molecule has 0 aromatic carbocycles. The van der Waals surface area contributed by atoms with Gasteiger partial charge in [-0.2, -0.15) is 5.10 Å². The van der Waals surface area contributed by atoms with Gasteiger partial charge in [0, 0.05) is 57.7 Å². The second-order valence-corrected chi connectivity index (χ2v) is 7.05. The number of morpholine rings is 1. The Morgan fingerprint density at radius 1 is 1.32 bits per heavy atom. The summed E-state index contributed by atoms with van der Waals surface area (Å²) in [4.78, 5) is 6.80. The van der Waals surface area contributed by atoms with Crippen molar-refractivity contribution in [2.45, 2.75) is 32.9 Å². The summed E-state index contributed by atoms with van der Waals surface area (Å²) < 4.78 is 7.41. The molecule has 0 radical (unpaired) electrons. The smallest absolute Gasteiger partial charge is 0.191 e. The van der Waals surface area contributed by atoms with Crippen molar-refractivity contribution in [2.24, 2.45) is 10.9 Å². The second-order valence-electron chi connectivity index (χ2n) is 7.05. The Bertz CT molecular complexity index is 499. The molecule has 1 aromatic rings. The van der Waals surface area contributed by atoms with Crippen LogP contribution in [0.3, 0.4) is 0 Å². The predicted octanol–water partition coefficient (Wildman–Crippen LogP) is 1.41. The highest BCUT2D eigenvalue weighted by Crippen LogP contribution is 2.14. The normalized spacial score (nSPS) is 17.7. The highest BCUT2D eigenvalue weighted by Gasteiger charge is 2.28. The number of nitrogens with zero attached hydrogens (tertiary/aromatic N) is 4. The van der Waals surface area contributed by atoms with Crippen LogP contribution in [0.5, 0.6) is 0 Å². The zero-order valence-electron chi connectivity index (χ0n) is 15.9. The van der Waals surface area contributed by atoms with Crippen LogP contribution in [0, 0.1) is 5.92 Å². The SMILES string of the molecule is CN=C(NCC(C)Cn1cccn1)NCC(C)(C)N1CCOCC1.I. The minimum absolute atomic E-state index is 0. The average Bonchev–Trinajstić information content (AvgIpc) is 3.08. The number of rotatable bonds is 7.